The molecule has 0 radical (unpaired) electrons. The van der Waals surface area contributed by atoms with Crippen LogP contribution in [0.5, 0.6) is 0 Å². The van der Waals surface area contributed by atoms with Crippen molar-refractivity contribution in [1.82, 2.24) is 15.0 Å². The Bertz CT molecular complexity index is 718. The monoisotopic (exact) mass is 227 g/mol. The maximum atomic E-state index is 11.5. The number of ether oxygens (including phenoxy) is 1. The highest BCUT2D eigenvalue weighted by Crippen LogP contribution is 2.24. The Hall–Kier alpha value is -2.43. The molecule has 0 aliphatic rings. The van der Waals surface area contributed by atoms with E-state index in [2.05, 4.69) is 15.0 Å². The molecule has 0 saturated heterocycles. The highest BCUT2D eigenvalue weighted by Gasteiger charge is 2.10. The van der Waals surface area contributed by atoms with Gasteiger partial charge in [0.2, 0.25) is 0 Å². The van der Waals surface area contributed by atoms with E-state index in [1.807, 2.05) is 6.07 Å². The number of hydrogen-bond acceptors (Lipinski definition) is 4. The van der Waals surface area contributed by atoms with Gasteiger partial charge in [0.25, 0.3) is 0 Å². The van der Waals surface area contributed by atoms with Crippen LogP contribution in [-0.4, -0.2) is 28.0 Å². The molecule has 0 saturated carbocycles. The molecule has 0 atom stereocenters. The smallest absolute Gasteiger partial charge is 0.337 e. The van der Waals surface area contributed by atoms with E-state index in [4.69, 9.17) is 4.74 Å². The van der Waals surface area contributed by atoms with E-state index in [1.165, 1.54) is 13.4 Å². The van der Waals surface area contributed by atoms with E-state index in [9.17, 15) is 4.79 Å². The van der Waals surface area contributed by atoms with Crippen LogP contribution in [-0.2, 0) is 4.74 Å². The van der Waals surface area contributed by atoms with Gasteiger partial charge in [0.05, 0.1) is 12.7 Å². The van der Waals surface area contributed by atoms with Gasteiger partial charge in [0, 0.05) is 22.5 Å². The minimum atomic E-state index is -0.349. The second kappa shape index (κ2) is 3.55. The number of aromatic amines is 1. The molecule has 5 nitrogen and oxygen atoms in total. The number of nitrogens with one attached hydrogen (secondary N) is 1. The summed E-state index contributed by atoms with van der Waals surface area (Å²) in [6.45, 7) is 0. The van der Waals surface area contributed by atoms with Gasteiger partial charge in [-0.25, -0.2) is 14.8 Å². The molecule has 84 valence electrons. The SMILES string of the molecule is COC(=O)c1ccc2[nH]c3ncncc3c2c1. The number of benzene rings is 1. The molecule has 0 aliphatic heterocycles. The first-order chi connectivity index (χ1) is 8.29. The van der Waals surface area contributed by atoms with Crippen LogP contribution in [0, 0.1) is 0 Å². The summed E-state index contributed by atoms with van der Waals surface area (Å²) in [4.78, 5) is 22.7. The lowest BCUT2D eigenvalue weighted by Crippen LogP contribution is -2.00. The Morgan fingerprint density at radius 2 is 2.24 bits per heavy atom. The molecule has 0 amide bonds. The molecule has 1 N–H and O–H groups in total. The summed E-state index contributed by atoms with van der Waals surface area (Å²) in [6, 6.07) is 5.34. The van der Waals surface area contributed by atoms with E-state index in [0.29, 0.717) is 5.56 Å². The summed E-state index contributed by atoms with van der Waals surface area (Å²) in [5, 5.41) is 1.82. The number of rotatable bonds is 1. The maximum Gasteiger partial charge on any atom is 0.337 e. The number of hydrogen-bond donors (Lipinski definition) is 1. The zero-order valence-electron chi connectivity index (χ0n) is 9.10. The molecule has 0 spiro atoms. The predicted octanol–water partition coefficient (Wildman–Crippen LogP) is 1.90. The first-order valence-corrected chi connectivity index (χ1v) is 5.09. The molecule has 0 aliphatic carbocycles. The van der Waals surface area contributed by atoms with Crippen molar-refractivity contribution in [3.8, 4) is 0 Å². The lowest BCUT2D eigenvalue weighted by atomic mass is 10.1. The van der Waals surface area contributed by atoms with Crippen LogP contribution in [0.2, 0.25) is 0 Å². The average molecular weight is 227 g/mol. The van der Waals surface area contributed by atoms with Gasteiger partial charge in [-0.2, -0.15) is 0 Å². The Kier molecular flexibility index (Phi) is 2.04. The van der Waals surface area contributed by atoms with Crippen LogP contribution >= 0.6 is 0 Å². The van der Waals surface area contributed by atoms with Gasteiger partial charge in [-0.15, -0.1) is 0 Å². The van der Waals surface area contributed by atoms with Crippen molar-refractivity contribution in [3.63, 3.8) is 0 Å². The van der Waals surface area contributed by atoms with Crippen LogP contribution in [0.1, 0.15) is 10.4 Å². The Morgan fingerprint density at radius 1 is 1.35 bits per heavy atom. The fourth-order valence-corrected chi connectivity index (χ4v) is 1.87. The van der Waals surface area contributed by atoms with Crippen LogP contribution in [0.4, 0.5) is 0 Å². The van der Waals surface area contributed by atoms with Gasteiger partial charge in [-0.3, -0.25) is 0 Å². The molecule has 2 aromatic heterocycles. The molecular formula is C12H9N3O2. The zero-order valence-corrected chi connectivity index (χ0v) is 9.10. The third kappa shape index (κ3) is 1.44. The van der Waals surface area contributed by atoms with E-state index in [1.54, 1.807) is 18.3 Å². The van der Waals surface area contributed by atoms with Gasteiger partial charge >= 0.3 is 5.97 Å². The molecule has 0 unspecified atom stereocenters. The van der Waals surface area contributed by atoms with Crippen molar-refractivity contribution in [3.05, 3.63) is 36.3 Å². The summed E-state index contributed by atoms with van der Waals surface area (Å²) in [6.07, 6.45) is 3.21. The number of aromatic nitrogens is 3. The Morgan fingerprint density at radius 3 is 3.06 bits per heavy atom. The van der Waals surface area contributed by atoms with Crippen molar-refractivity contribution in [2.24, 2.45) is 0 Å². The topological polar surface area (TPSA) is 67.9 Å². The largest absolute Gasteiger partial charge is 0.465 e. The van der Waals surface area contributed by atoms with Crippen LogP contribution in [0.15, 0.2) is 30.7 Å². The number of carbonyl (C=O) groups excluding carboxylic acids is 1. The molecule has 1 aromatic carbocycles. The maximum absolute atomic E-state index is 11.5. The van der Waals surface area contributed by atoms with Crippen LogP contribution in [0.3, 0.4) is 0 Å². The van der Waals surface area contributed by atoms with Crippen molar-refractivity contribution in [2.45, 2.75) is 0 Å². The number of esters is 1. The highest BCUT2D eigenvalue weighted by atomic mass is 16.5. The summed E-state index contributed by atoms with van der Waals surface area (Å²) >= 11 is 0. The number of nitrogens with zero attached hydrogens (tertiary/aromatic N) is 2. The number of carbonyl (C=O) groups is 1. The van der Waals surface area contributed by atoms with E-state index >= 15 is 0 Å². The number of methoxy groups -OCH3 is 1. The lowest BCUT2D eigenvalue weighted by Gasteiger charge is -1.98. The van der Waals surface area contributed by atoms with Crippen molar-refractivity contribution >= 4 is 27.9 Å². The summed E-state index contributed by atoms with van der Waals surface area (Å²) < 4.78 is 4.69. The minimum Gasteiger partial charge on any atom is -0.465 e. The fourth-order valence-electron chi connectivity index (χ4n) is 1.87. The molecule has 5 heteroatoms. The minimum absolute atomic E-state index is 0.349. The highest BCUT2D eigenvalue weighted by molar-refractivity contribution is 6.07. The predicted molar refractivity (Wildman–Crippen MR) is 62.7 cm³/mol. The van der Waals surface area contributed by atoms with Crippen molar-refractivity contribution < 1.29 is 9.53 Å². The van der Waals surface area contributed by atoms with Gasteiger partial charge in [0.1, 0.15) is 12.0 Å². The first kappa shape index (κ1) is 9.77. The second-order valence-electron chi connectivity index (χ2n) is 3.66. The van der Waals surface area contributed by atoms with E-state index in [-0.39, 0.29) is 5.97 Å². The summed E-state index contributed by atoms with van der Waals surface area (Å²) in [5.41, 5.74) is 2.20. The van der Waals surface area contributed by atoms with Gasteiger partial charge in [-0.1, -0.05) is 0 Å². The molecule has 17 heavy (non-hydrogen) atoms. The third-order valence-corrected chi connectivity index (χ3v) is 2.70. The standard InChI is InChI=1S/C12H9N3O2/c1-17-12(16)7-2-3-10-8(4-7)9-5-13-6-14-11(9)15-10/h2-6H,1H3,(H,13,14,15). The number of fused-ring (bicyclic) bond motifs is 3. The average Bonchev–Trinajstić information content (AvgIpc) is 2.75. The summed E-state index contributed by atoms with van der Waals surface area (Å²) in [5.74, 6) is -0.349. The van der Waals surface area contributed by atoms with Crippen molar-refractivity contribution in [1.29, 1.82) is 0 Å². The van der Waals surface area contributed by atoms with Crippen LogP contribution in [0.25, 0.3) is 21.9 Å². The van der Waals surface area contributed by atoms with Gasteiger partial charge in [0.15, 0.2) is 0 Å². The molecule has 2 heterocycles. The summed E-state index contributed by atoms with van der Waals surface area (Å²) in [7, 11) is 1.37. The van der Waals surface area contributed by atoms with Crippen molar-refractivity contribution in [2.75, 3.05) is 7.11 Å². The molecule has 0 bridgehead atoms. The number of H-pyrrole nitrogens is 1. The van der Waals surface area contributed by atoms with E-state index in [0.717, 1.165) is 21.9 Å². The molecule has 3 rings (SSSR count). The third-order valence-electron chi connectivity index (χ3n) is 2.70. The van der Waals surface area contributed by atoms with E-state index < -0.39 is 0 Å². The molecular weight excluding hydrogens is 218 g/mol. The molecule has 3 aromatic rings. The van der Waals surface area contributed by atoms with Gasteiger partial charge < -0.3 is 9.72 Å². The lowest BCUT2D eigenvalue weighted by molar-refractivity contribution is 0.0601. The fraction of sp³-hybridized carbons (Fsp3) is 0.0833. The second-order valence-corrected chi connectivity index (χ2v) is 3.66. The quantitative estimate of drug-likeness (QED) is 0.644. The zero-order chi connectivity index (χ0) is 11.8. The normalized spacial score (nSPS) is 10.9. The van der Waals surface area contributed by atoms with Crippen LogP contribution < -0.4 is 0 Å². The van der Waals surface area contributed by atoms with Gasteiger partial charge in [-0.05, 0) is 18.2 Å². The molecule has 0 fully saturated rings. The Labute approximate surface area is 96.4 Å². The first-order valence-electron chi connectivity index (χ1n) is 5.09. The Balaban J connectivity index is 2.33.